The molecule has 4 rings (SSSR count). The second-order valence-electron chi connectivity index (χ2n) is 6.26. The Labute approximate surface area is 157 Å². The average molecular weight is 377 g/mol. The summed E-state index contributed by atoms with van der Waals surface area (Å²) in [4.78, 5) is 14.9. The molecule has 0 saturated carbocycles. The minimum Gasteiger partial charge on any atom is -0.488 e. The molecule has 4 nitrogen and oxygen atoms in total. The zero-order chi connectivity index (χ0) is 16.7. The maximum atomic E-state index is 11.5. The fourth-order valence-corrected chi connectivity index (χ4v) is 4.47. The Kier molecular flexibility index (Phi) is 5.18. The first-order valence-corrected chi connectivity index (χ1v) is 8.86. The van der Waals surface area contributed by atoms with Gasteiger partial charge in [-0.15, -0.1) is 23.7 Å². The summed E-state index contributed by atoms with van der Waals surface area (Å²) >= 11 is 1.40. The van der Waals surface area contributed by atoms with Crippen molar-refractivity contribution in [2.45, 2.75) is 19.4 Å². The van der Waals surface area contributed by atoms with E-state index in [-0.39, 0.29) is 24.6 Å². The molecule has 1 saturated heterocycles. The van der Waals surface area contributed by atoms with E-state index >= 15 is 0 Å². The molecule has 131 valence electrons. The predicted octanol–water partition coefficient (Wildman–Crippen LogP) is 4.09. The van der Waals surface area contributed by atoms with Crippen LogP contribution in [0.4, 0.5) is 0 Å². The lowest BCUT2D eigenvalue weighted by molar-refractivity contribution is 0.0694. The molecule has 3 heterocycles. The third-order valence-corrected chi connectivity index (χ3v) is 5.71. The Morgan fingerprint density at radius 2 is 2.00 bits per heavy atom. The van der Waals surface area contributed by atoms with Gasteiger partial charge in [0.05, 0.1) is 10.9 Å². The van der Waals surface area contributed by atoms with Crippen molar-refractivity contribution in [2.24, 2.45) is 0 Å². The van der Waals surface area contributed by atoms with E-state index in [1.807, 2.05) is 18.2 Å². The molecule has 6 heteroatoms. The van der Waals surface area contributed by atoms with Gasteiger partial charge in [-0.2, -0.15) is 0 Å². The fourth-order valence-electron chi connectivity index (χ4n) is 3.41. The van der Waals surface area contributed by atoms with E-state index in [0.29, 0.717) is 0 Å². The summed E-state index contributed by atoms with van der Waals surface area (Å²) in [5, 5.41) is 12.4. The fraction of sp³-hybridized carbons (Fsp3) is 0.316. The summed E-state index contributed by atoms with van der Waals surface area (Å²) in [5.74, 6) is -0.103. The molecule has 1 aromatic heterocycles. The highest BCUT2D eigenvalue weighted by atomic mass is 35.5. The van der Waals surface area contributed by atoms with Crippen LogP contribution in [0.2, 0.25) is 0 Å². The number of carboxylic acids is 1. The van der Waals surface area contributed by atoms with Gasteiger partial charge in [0.1, 0.15) is 12.4 Å². The molecule has 2 aliphatic heterocycles. The molecule has 1 N–H and O–H groups in total. The third kappa shape index (κ3) is 3.19. The van der Waals surface area contributed by atoms with Gasteiger partial charge in [0, 0.05) is 34.7 Å². The van der Waals surface area contributed by atoms with E-state index < -0.39 is 5.97 Å². The summed E-state index contributed by atoms with van der Waals surface area (Å²) < 4.78 is 5.95. The van der Waals surface area contributed by atoms with Crippen LogP contribution >= 0.6 is 23.7 Å². The molecule has 0 aliphatic carbocycles. The van der Waals surface area contributed by atoms with Crippen LogP contribution in [0.3, 0.4) is 0 Å². The highest BCUT2D eigenvalue weighted by Gasteiger charge is 2.28. The number of hydrogen-bond acceptors (Lipinski definition) is 4. The van der Waals surface area contributed by atoms with Crippen LogP contribution in [-0.4, -0.2) is 36.1 Å². The molecule has 0 atom stereocenters. The number of carbonyl (C=O) groups is 1. The van der Waals surface area contributed by atoms with Crippen molar-refractivity contribution in [3.63, 3.8) is 0 Å². The number of piperidine rings is 1. The Morgan fingerprint density at radius 3 is 2.72 bits per heavy atom. The van der Waals surface area contributed by atoms with Crippen LogP contribution in [0.25, 0.3) is 5.57 Å². The maximum absolute atomic E-state index is 11.5. The van der Waals surface area contributed by atoms with E-state index in [1.54, 1.807) is 0 Å². The van der Waals surface area contributed by atoms with E-state index in [9.17, 15) is 9.90 Å². The number of hydrogen-bond donors (Lipinski definition) is 1. The second-order valence-corrected chi connectivity index (χ2v) is 7.08. The number of nitrogens with zero attached hydrogens (tertiary/aromatic N) is 1. The normalized spacial score (nSPS) is 17.0. The second kappa shape index (κ2) is 7.20. The van der Waals surface area contributed by atoms with Crippen molar-refractivity contribution < 1.29 is 14.6 Å². The van der Waals surface area contributed by atoms with Gasteiger partial charge in [0.25, 0.3) is 0 Å². The zero-order valence-electron chi connectivity index (χ0n) is 13.9. The van der Waals surface area contributed by atoms with Crippen LogP contribution in [-0.2, 0) is 6.61 Å². The summed E-state index contributed by atoms with van der Waals surface area (Å²) in [7, 11) is 2.14. The Balaban J connectivity index is 0.00000182. The minimum atomic E-state index is -0.935. The molecule has 0 bridgehead atoms. The number of halogens is 1. The summed E-state index contributed by atoms with van der Waals surface area (Å²) in [5.41, 5.74) is 4.63. The van der Waals surface area contributed by atoms with Gasteiger partial charge in [0.15, 0.2) is 0 Å². The first-order chi connectivity index (χ1) is 11.6. The van der Waals surface area contributed by atoms with Crippen LogP contribution in [0.1, 0.15) is 39.2 Å². The number of fused-ring (bicyclic) bond motifs is 2. The molecule has 25 heavy (non-hydrogen) atoms. The topological polar surface area (TPSA) is 49.8 Å². The van der Waals surface area contributed by atoms with Gasteiger partial charge in [-0.1, -0.05) is 23.8 Å². The molecule has 2 aliphatic rings. The molecule has 2 aromatic rings. The van der Waals surface area contributed by atoms with Crippen molar-refractivity contribution in [1.82, 2.24) is 4.90 Å². The number of rotatable bonds is 1. The van der Waals surface area contributed by atoms with Crippen molar-refractivity contribution in [3.8, 4) is 5.75 Å². The average Bonchev–Trinajstić information content (AvgIpc) is 2.93. The summed E-state index contributed by atoms with van der Waals surface area (Å²) in [6.07, 6.45) is 2.00. The number of carboxylic acid groups (broad SMARTS) is 1. The minimum absolute atomic E-state index is 0. The van der Waals surface area contributed by atoms with Crippen molar-refractivity contribution in [3.05, 3.63) is 56.8 Å². The highest BCUT2D eigenvalue weighted by Crippen LogP contribution is 2.44. The van der Waals surface area contributed by atoms with Crippen molar-refractivity contribution in [1.29, 1.82) is 0 Å². The zero-order valence-corrected chi connectivity index (χ0v) is 15.5. The monoisotopic (exact) mass is 376 g/mol. The Morgan fingerprint density at radius 1 is 1.28 bits per heavy atom. The summed E-state index contributed by atoms with van der Waals surface area (Å²) in [6.45, 7) is 2.33. The molecule has 0 amide bonds. The van der Waals surface area contributed by atoms with Gasteiger partial charge in [-0.05, 0) is 26.0 Å². The van der Waals surface area contributed by atoms with Gasteiger partial charge in [0.2, 0.25) is 0 Å². The molecule has 0 unspecified atom stereocenters. The largest absolute Gasteiger partial charge is 0.488 e. The van der Waals surface area contributed by atoms with E-state index in [4.69, 9.17) is 4.74 Å². The molecule has 1 radical (unpaired) electrons. The molecule has 1 fully saturated rings. The van der Waals surface area contributed by atoms with Gasteiger partial charge in [-0.25, -0.2) is 4.79 Å². The standard InChI is InChI=1S/C19H18NO3S.ClH/c1-20-8-6-12(7-9-20)17-13-4-2-3-5-16(13)23-10-14-15(19(21)22)11-24-18(14)17;/h2-5H,6-10H2,1H3,(H,21,22);1H. The van der Waals surface area contributed by atoms with Crippen molar-refractivity contribution in [2.75, 3.05) is 20.1 Å². The highest BCUT2D eigenvalue weighted by molar-refractivity contribution is 7.11. The maximum Gasteiger partial charge on any atom is 0.337 e. The van der Waals surface area contributed by atoms with Crippen LogP contribution in [0.15, 0.2) is 29.8 Å². The van der Waals surface area contributed by atoms with Gasteiger partial charge >= 0.3 is 5.97 Å². The lowest BCUT2D eigenvalue weighted by atomic mass is 9.90. The molecular formula is C19H19ClNO3S. The number of thiophene rings is 1. The lowest BCUT2D eigenvalue weighted by Gasteiger charge is -2.26. The number of likely N-dealkylation sites (tertiary alicyclic amines) is 1. The number of para-hydroxylation sites is 1. The van der Waals surface area contributed by atoms with E-state index in [2.05, 4.69) is 23.4 Å². The number of aromatic carboxylic acids is 1. The number of ether oxygens (including phenoxy) is 1. The first kappa shape index (κ1) is 18.0. The first-order valence-electron chi connectivity index (χ1n) is 8.05. The SMILES string of the molecule is CN1CCC(=C2c3ccccc3OCc3c(C(=O)O)[c]sc32)CC1.Cl. The molecular weight excluding hydrogens is 358 g/mol. The van der Waals surface area contributed by atoms with Gasteiger partial charge in [-0.3, -0.25) is 0 Å². The third-order valence-electron chi connectivity index (χ3n) is 4.74. The van der Waals surface area contributed by atoms with Crippen LogP contribution in [0, 0.1) is 5.38 Å². The van der Waals surface area contributed by atoms with E-state index in [0.717, 1.165) is 47.7 Å². The van der Waals surface area contributed by atoms with Gasteiger partial charge < -0.3 is 14.7 Å². The lowest BCUT2D eigenvalue weighted by Crippen LogP contribution is -2.26. The van der Waals surface area contributed by atoms with Crippen LogP contribution < -0.4 is 4.74 Å². The quantitative estimate of drug-likeness (QED) is 0.814. The van der Waals surface area contributed by atoms with Crippen LogP contribution in [0.5, 0.6) is 5.75 Å². The van der Waals surface area contributed by atoms with E-state index in [1.165, 1.54) is 22.5 Å². The Bertz CT molecular complexity index is 833. The molecule has 0 spiro atoms. The number of benzene rings is 1. The van der Waals surface area contributed by atoms with Crippen molar-refractivity contribution >= 4 is 35.3 Å². The summed E-state index contributed by atoms with van der Waals surface area (Å²) in [6, 6.07) is 8.01. The predicted molar refractivity (Wildman–Crippen MR) is 101 cm³/mol. The Hall–Kier alpha value is -1.82. The molecule has 1 aromatic carbocycles. The smallest absolute Gasteiger partial charge is 0.337 e.